The number of carbonyl (C=O) groups excluding carboxylic acids is 1. The van der Waals surface area contributed by atoms with Crippen LogP contribution in [0.1, 0.15) is 0 Å². The predicted molar refractivity (Wildman–Crippen MR) is 62.0 cm³/mol. The molecule has 0 aromatic carbocycles. The second-order valence-electron chi connectivity index (χ2n) is 3.56. The molecule has 1 heterocycles. The minimum atomic E-state index is -1.60. The van der Waals surface area contributed by atoms with Gasteiger partial charge >= 0.3 is 5.97 Å². The smallest absolute Gasteiger partial charge is 0.334 e. The molecule has 0 radical (unpaired) electrons. The van der Waals surface area contributed by atoms with Crippen LogP contribution in [0.4, 0.5) is 5.95 Å². The fraction of sp³-hybridized carbons (Fsp3) is 0.400. The first-order chi connectivity index (χ1) is 8.50. The number of carboxylic acids is 1. The summed E-state index contributed by atoms with van der Waals surface area (Å²) in [6.45, 7) is -0.367. The molecule has 0 aliphatic rings. The summed E-state index contributed by atoms with van der Waals surface area (Å²) in [6.07, 6.45) is 1.49. The van der Waals surface area contributed by atoms with E-state index in [4.69, 9.17) is 10.2 Å². The molecule has 8 heteroatoms. The number of aromatic nitrogens is 2. The molecular formula is C10H14N4O4. The fourth-order valence-electron chi connectivity index (χ4n) is 1.13. The van der Waals surface area contributed by atoms with Gasteiger partial charge in [0.25, 0.3) is 0 Å². The lowest BCUT2D eigenvalue weighted by molar-refractivity contribution is -0.146. The monoisotopic (exact) mass is 254 g/mol. The van der Waals surface area contributed by atoms with Crippen molar-refractivity contribution in [3.8, 4) is 0 Å². The van der Waals surface area contributed by atoms with E-state index in [9.17, 15) is 9.59 Å². The Hall–Kier alpha value is -2.22. The molecule has 0 spiro atoms. The van der Waals surface area contributed by atoms with Gasteiger partial charge in [0, 0.05) is 19.4 Å². The van der Waals surface area contributed by atoms with Crippen molar-refractivity contribution >= 4 is 17.8 Å². The number of carbonyl (C=O) groups is 2. The van der Waals surface area contributed by atoms with Crippen LogP contribution < -0.4 is 10.2 Å². The van der Waals surface area contributed by atoms with Crippen LogP contribution in [0.15, 0.2) is 18.5 Å². The molecule has 0 aliphatic heterocycles. The number of nitrogens with zero attached hydrogens (tertiary/aromatic N) is 3. The summed E-state index contributed by atoms with van der Waals surface area (Å²) >= 11 is 0. The summed E-state index contributed by atoms with van der Waals surface area (Å²) < 4.78 is 0. The maximum Gasteiger partial charge on any atom is 0.334 e. The van der Waals surface area contributed by atoms with Crippen molar-refractivity contribution < 1.29 is 19.8 Å². The Morgan fingerprint density at radius 1 is 1.44 bits per heavy atom. The SMILES string of the molecule is CN(CC(=O)NCC(O)C(=O)O)c1ncccn1. The Bertz CT molecular complexity index is 412. The summed E-state index contributed by atoms with van der Waals surface area (Å²) in [5.74, 6) is -1.42. The zero-order chi connectivity index (χ0) is 13.5. The number of aliphatic hydroxyl groups excluding tert-OH is 1. The normalized spacial score (nSPS) is 11.7. The van der Waals surface area contributed by atoms with Gasteiger partial charge in [0.05, 0.1) is 13.1 Å². The fourth-order valence-corrected chi connectivity index (χ4v) is 1.13. The number of carboxylic acid groups (broad SMARTS) is 1. The Kier molecular flexibility index (Phi) is 5.00. The molecule has 8 nitrogen and oxygen atoms in total. The van der Waals surface area contributed by atoms with Crippen molar-refractivity contribution in [1.29, 1.82) is 0 Å². The van der Waals surface area contributed by atoms with Gasteiger partial charge < -0.3 is 20.4 Å². The second-order valence-corrected chi connectivity index (χ2v) is 3.56. The highest BCUT2D eigenvalue weighted by Crippen LogP contribution is 2.00. The zero-order valence-corrected chi connectivity index (χ0v) is 9.78. The minimum Gasteiger partial charge on any atom is -0.479 e. The van der Waals surface area contributed by atoms with Crippen molar-refractivity contribution in [3.63, 3.8) is 0 Å². The topological polar surface area (TPSA) is 116 Å². The van der Waals surface area contributed by atoms with E-state index in [1.165, 1.54) is 4.90 Å². The highest BCUT2D eigenvalue weighted by molar-refractivity contribution is 5.81. The molecule has 98 valence electrons. The van der Waals surface area contributed by atoms with Crippen molar-refractivity contribution in [1.82, 2.24) is 15.3 Å². The summed E-state index contributed by atoms with van der Waals surface area (Å²) in [5.41, 5.74) is 0. The molecule has 0 fully saturated rings. The third kappa shape index (κ3) is 4.34. The van der Waals surface area contributed by atoms with E-state index in [-0.39, 0.29) is 13.1 Å². The average molecular weight is 254 g/mol. The lowest BCUT2D eigenvalue weighted by Crippen LogP contribution is -2.41. The van der Waals surface area contributed by atoms with E-state index in [0.717, 1.165) is 0 Å². The molecule has 0 bridgehead atoms. The van der Waals surface area contributed by atoms with Gasteiger partial charge in [0.2, 0.25) is 11.9 Å². The molecule has 3 N–H and O–H groups in total. The second kappa shape index (κ2) is 6.50. The molecule has 1 rings (SSSR count). The number of nitrogens with one attached hydrogen (secondary N) is 1. The zero-order valence-electron chi connectivity index (χ0n) is 9.78. The van der Waals surface area contributed by atoms with Crippen LogP contribution in [-0.4, -0.2) is 58.3 Å². The molecule has 1 aromatic rings. The van der Waals surface area contributed by atoms with E-state index in [0.29, 0.717) is 5.95 Å². The summed E-state index contributed by atoms with van der Waals surface area (Å²) in [6, 6.07) is 1.65. The molecule has 1 atom stereocenters. The average Bonchev–Trinajstić information content (AvgIpc) is 2.36. The van der Waals surface area contributed by atoms with E-state index in [2.05, 4.69) is 15.3 Å². The first-order valence-electron chi connectivity index (χ1n) is 5.16. The standard InChI is InChI=1S/C10H14N4O4/c1-14(10-11-3-2-4-12-10)6-8(16)13-5-7(15)9(17)18/h2-4,7,15H,5-6H2,1H3,(H,13,16)(H,17,18). The molecule has 0 saturated carbocycles. The molecule has 1 amide bonds. The Morgan fingerprint density at radius 2 is 2.06 bits per heavy atom. The number of likely N-dealkylation sites (N-methyl/N-ethyl adjacent to an activating group) is 1. The van der Waals surface area contributed by atoms with Gasteiger partial charge in [-0.1, -0.05) is 0 Å². The number of aliphatic hydroxyl groups is 1. The van der Waals surface area contributed by atoms with Gasteiger partial charge in [-0.2, -0.15) is 0 Å². The maximum absolute atomic E-state index is 11.4. The number of aliphatic carboxylic acids is 1. The van der Waals surface area contributed by atoms with Gasteiger partial charge in [0.1, 0.15) is 0 Å². The molecular weight excluding hydrogens is 240 g/mol. The molecule has 0 saturated heterocycles. The largest absolute Gasteiger partial charge is 0.479 e. The quantitative estimate of drug-likeness (QED) is 0.564. The summed E-state index contributed by atoms with van der Waals surface area (Å²) in [7, 11) is 1.63. The van der Waals surface area contributed by atoms with Gasteiger partial charge in [-0.05, 0) is 6.07 Å². The summed E-state index contributed by atoms with van der Waals surface area (Å²) in [4.78, 5) is 31.2. The molecule has 18 heavy (non-hydrogen) atoms. The van der Waals surface area contributed by atoms with E-state index >= 15 is 0 Å². The van der Waals surface area contributed by atoms with Crippen LogP contribution in [-0.2, 0) is 9.59 Å². The van der Waals surface area contributed by atoms with Crippen LogP contribution in [0.3, 0.4) is 0 Å². The minimum absolute atomic E-state index is 0.0314. The number of rotatable bonds is 6. The molecule has 0 aliphatic carbocycles. The van der Waals surface area contributed by atoms with Crippen LogP contribution in [0.2, 0.25) is 0 Å². The lowest BCUT2D eigenvalue weighted by atomic mass is 10.3. The van der Waals surface area contributed by atoms with Crippen LogP contribution in [0, 0.1) is 0 Å². The van der Waals surface area contributed by atoms with Gasteiger partial charge in [-0.15, -0.1) is 0 Å². The Labute approximate surface area is 103 Å². The highest BCUT2D eigenvalue weighted by atomic mass is 16.4. The predicted octanol–water partition coefficient (Wildman–Crippen LogP) is -1.53. The van der Waals surface area contributed by atoms with Crippen molar-refractivity contribution in [2.75, 3.05) is 25.0 Å². The summed E-state index contributed by atoms with van der Waals surface area (Å²) in [5, 5.41) is 19.7. The van der Waals surface area contributed by atoms with Gasteiger partial charge in [0.15, 0.2) is 6.10 Å². The van der Waals surface area contributed by atoms with Crippen LogP contribution >= 0.6 is 0 Å². The Morgan fingerprint density at radius 3 is 2.61 bits per heavy atom. The van der Waals surface area contributed by atoms with Crippen molar-refractivity contribution in [3.05, 3.63) is 18.5 Å². The number of anilines is 1. The number of hydrogen-bond donors (Lipinski definition) is 3. The lowest BCUT2D eigenvalue weighted by Gasteiger charge is -2.16. The number of hydrogen-bond acceptors (Lipinski definition) is 6. The first-order valence-corrected chi connectivity index (χ1v) is 5.16. The van der Waals surface area contributed by atoms with Gasteiger partial charge in [-0.3, -0.25) is 4.79 Å². The molecule has 1 unspecified atom stereocenters. The highest BCUT2D eigenvalue weighted by Gasteiger charge is 2.15. The van der Waals surface area contributed by atoms with Gasteiger partial charge in [-0.25, -0.2) is 14.8 Å². The number of amides is 1. The third-order valence-corrected chi connectivity index (χ3v) is 2.05. The van der Waals surface area contributed by atoms with Crippen LogP contribution in [0.25, 0.3) is 0 Å². The van der Waals surface area contributed by atoms with E-state index < -0.39 is 18.0 Å². The first kappa shape index (κ1) is 13.8. The molecule has 1 aromatic heterocycles. The van der Waals surface area contributed by atoms with E-state index in [1.807, 2.05) is 0 Å². The van der Waals surface area contributed by atoms with E-state index in [1.54, 1.807) is 25.5 Å². The maximum atomic E-state index is 11.4. The van der Waals surface area contributed by atoms with Crippen LogP contribution in [0.5, 0.6) is 0 Å². The Balaban J connectivity index is 2.39. The van der Waals surface area contributed by atoms with Crippen molar-refractivity contribution in [2.24, 2.45) is 0 Å². The third-order valence-electron chi connectivity index (χ3n) is 2.05. The van der Waals surface area contributed by atoms with Crippen molar-refractivity contribution in [2.45, 2.75) is 6.10 Å².